The number of sulfonamides is 1. The van der Waals surface area contributed by atoms with Gasteiger partial charge in [0.2, 0.25) is 10.0 Å². The van der Waals surface area contributed by atoms with E-state index in [1.54, 1.807) is 18.5 Å². The van der Waals surface area contributed by atoms with Crippen LogP contribution in [0, 0.1) is 6.92 Å². The highest BCUT2D eigenvalue weighted by molar-refractivity contribution is 7.89. The maximum Gasteiger partial charge on any atom is 0.338 e. The van der Waals surface area contributed by atoms with E-state index in [1.807, 2.05) is 0 Å². The van der Waals surface area contributed by atoms with Crippen molar-refractivity contribution < 1.29 is 17.9 Å². The maximum absolute atomic E-state index is 12.3. The van der Waals surface area contributed by atoms with Crippen molar-refractivity contribution in [1.29, 1.82) is 0 Å². The fraction of sp³-hybridized carbons (Fsp3) is 0.231. The van der Waals surface area contributed by atoms with Crippen LogP contribution in [0.2, 0.25) is 0 Å². The van der Waals surface area contributed by atoms with Crippen LogP contribution >= 0.6 is 11.3 Å². The van der Waals surface area contributed by atoms with Crippen LogP contribution in [0.1, 0.15) is 20.9 Å². The van der Waals surface area contributed by atoms with E-state index in [2.05, 4.69) is 14.4 Å². The molecule has 0 radical (unpaired) electrons. The van der Waals surface area contributed by atoms with Crippen LogP contribution in [0.15, 0.2) is 34.7 Å². The van der Waals surface area contributed by atoms with Crippen molar-refractivity contribution >= 4 is 27.3 Å². The van der Waals surface area contributed by atoms with Crippen LogP contribution in [0.4, 0.5) is 0 Å². The molecule has 0 spiro atoms. The van der Waals surface area contributed by atoms with Crippen LogP contribution in [-0.2, 0) is 21.3 Å². The zero-order chi connectivity index (χ0) is 15.5. The van der Waals surface area contributed by atoms with Crippen molar-refractivity contribution in [3.63, 3.8) is 0 Å². The first kappa shape index (κ1) is 15.6. The molecular formula is C13H14N2O4S2. The smallest absolute Gasteiger partial charge is 0.338 e. The van der Waals surface area contributed by atoms with E-state index < -0.39 is 16.0 Å². The molecule has 2 rings (SSSR count). The molecule has 0 atom stereocenters. The van der Waals surface area contributed by atoms with Gasteiger partial charge >= 0.3 is 5.97 Å². The Morgan fingerprint density at radius 3 is 2.81 bits per heavy atom. The third-order valence-electron chi connectivity index (χ3n) is 2.88. The lowest BCUT2D eigenvalue weighted by Gasteiger charge is -2.11. The number of thiazole rings is 1. The van der Waals surface area contributed by atoms with Gasteiger partial charge in [0.25, 0.3) is 0 Å². The minimum atomic E-state index is -3.72. The molecule has 8 heteroatoms. The van der Waals surface area contributed by atoms with Gasteiger partial charge in [-0.2, -0.15) is 0 Å². The Labute approximate surface area is 126 Å². The summed E-state index contributed by atoms with van der Waals surface area (Å²) in [6.45, 7) is 1.69. The van der Waals surface area contributed by atoms with Crippen LogP contribution in [-0.4, -0.2) is 26.5 Å². The molecule has 0 aliphatic rings. The summed E-state index contributed by atoms with van der Waals surface area (Å²) in [5.41, 5.74) is 0.589. The van der Waals surface area contributed by atoms with E-state index >= 15 is 0 Å². The predicted molar refractivity (Wildman–Crippen MR) is 78.7 cm³/mol. The molecule has 0 unspecified atom stereocenters. The number of nitrogens with one attached hydrogen (secondary N) is 1. The number of carbonyl (C=O) groups excluding carboxylic acids is 1. The zero-order valence-electron chi connectivity index (χ0n) is 11.5. The molecular weight excluding hydrogens is 312 g/mol. The Hall–Kier alpha value is -1.77. The molecule has 0 aliphatic heterocycles. The summed E-state index contributed by atoms with van der Waals surface area (Å²) in [4.78, 5) is 15.7. The third kappa shape index (κ3) is 3.46. The number of benzene rings is 1. The molecule has 0 amide bonds. The second-order valence-electron chi connectivity index (χ2n) is 4.17. The van der Waals surface area contributed by atoms with Gasteiger partial charge in [0.05, 0.1) is 24.1 Å². The van der Waals surface area contributed by atoms with Gasteiger partial charge in [-0.3, -0.25) is 0 Å². The van der Waals surface area contributed by atoms with Crippen LogP contribution in [0.3, 0.4) is 0 Å². The second-order valence-corrected chi connectivity index (χ2v) is 6.89. The molecule has 2 aromatic rings. The summed E-state index contributed by atoms with van der Waals surface area (Å²) in [5.74, 6) is -0.565. The molecule has 1 N–H and O–H groups in total. The van der Waals surface area contributed by atoms with Crippen LogP contribution in [0.5, 0.6) is 0 Å². The summed E-state index contributed by atoms with van der Waals surface area (Å²) in [6, 6.07) is 4.49. The number of esters is 1. The summed E-state index contributed by atoms with van der Waals surface area (Å²) in [6.07, 6.45) is 1.61. The Balaban J connectivity index is 2.29. The van der Waals surface area contributed by atoms with Crippen molar-refractivity contribution in [3.05, 3.63) is 45.9 Å². The summed E-state index contributed by atoms with van der Waals surface area (Å²) in [5, 5.41) is 2.44. The maximum atomic E-state index is 12.3. The molecule has 0 aliphatic carbocycles. The van der Waals surface area contributed by atoms with E-state index in [1.165, 1.54) is 36.6 Å². The van der Waals surface area contributed by atoms with E-state index in [-0.39, 0.29) is 17.0 Å². The van der Waals surface area contributed by atoms with Gasteiger partial charge < -0.3 is 4.74 Å². The van der Waals surface area contributed by atoms with Gasteiger partial charge in [-0.05, 0) is 24.6 Å². The lowest BCUT2D eigenvalue weighted by Crippen LogP contribution is -2.24. The standard InChI is InChI=1S/C13H14N2O4S2/c1-9-10(13(16)19-2)4-3-5-11(9)21(17,18)15-8-12-14-6-7-20-12/h3-7,15H,8H2,1-2H3. The normalized spacial score (nSPS) is 11.3. The highest BCUT2D eigenvalue weighted by Crippen LogP contribution is 2.20. The number of hydrogen-bond acceptors (Lipinski definition) is 6. The van der Waals surface area contributed by atoms with Crippen molar-refractivity contribution in [1.82, 2.24) is 9.71 Å². The van der Waals surface area contributed by atoms with E-state index in [0.717, 1.165) is 0 Å². The second kappa shape index (κ2) is 6.33. The van der Waals surface area contributed by atoms with Crippen LogP contribution in [0.25, 0.3) is 0 Å². The summed E-state index contributed by atoms with van der Waals surface area (Å²) < 4.78 is 31.8. The van der Waals surface area contributed by atoms with Gasteiger partial charge in [-0.25, -0.2) is 22.9 Å². The number of hydrogen-bond donors (Lipinski definition) is 1. The van der Waals surface area contributed by atoms with E-state index in [9.17, 15) is 13.2 Å². The molecule has 112 valence electrons. The highest BCUT2D eigenvalue weighted by Gasteiger charge is 2.21. The minimum absolute atomic E-state index is 0.0574. The van der Waals surface area contributed by atoms with Crippen molar-refractivity contribution in [2.45, 2.75) is 18.4 Å². The first-order chi connectivity index (χ1) is 9.95. The highest BCUT2D eigenvalue weighted by atomic mass is 32.2. The van der Waals surface area contributed by atoms with Gasteiger partial charge in [-0.1, -0.05) is 6.07 Å². The lowest BCUT2D eigenvalue weighted by atomic mass is 10.1. The third-order valence-corrected chi connectivity index (χ3v) is 5.20. The fourth-order valence-corrected chi connectivity index (χ4v) is 3.71. The first-order valence-corrected chi connectivity index (χ1v) is 8.38. The van der Waals surface area contributed by atoms with Crippen molar-refractivity contribution in [3.8, 4) is 0 Å². The predicted octanol–water partition coefficient (Wildman–Crippen LogP) is 1.72. The number of rotatable bonds is 5. The molecule has 21 heavy (non-hydrogen) atoms. The number of methoxy groups -OCH3 is 1. The summed E-state index contributed by atoms with van der Waals surface area (Å²) in [7, 11) is -2.47. The fourth-order valence-electron chi connectivity index (χ4n) is 1.81. The summed E-state index contributed by atoms with van der Waals surface area (Å²) >= 11 is 1.36. The molecule has 1 aromatic heterocycles. The van der Waals surface area contributed by atoms with Gasteiger partial charge in [0.1, 0.15) is 5.01 Å². The van der Waals surface area contributed by atoms with E-state index in [0.29, 0.717) is 10.6 Å². The van der Waals surface area contributed by atoms with Gasteiger partial charge in [0.15, 0.2) is 0 Å². The molecule has 1 aromatic carbocycles. The SMILES string of the molecule is COC(=O)c1cccc(S(=O)(=O)NCc2nccs2)c1C. The Morgan fingerprint density at radius 1 is 1.43 bits per heavy atom. The minimum Gasteiger partial charge on any atom is -0.465 e. The topological polar surface area (TPSA) is 85.4 Å². The number of carbonyl (C=O) groups is 1. The molecule has 6 nitrogen and oxygen atoms in total. The first-order valence-electron chi connectivity index (χ1n) is 6.01. The molecule has 0 saturated carbocycles. The van der Waals surface area contributed by atoms with Crippen LogP contribution < -0.4 is 4.72 Å². The molecule has 0 fully saturated rings. The number of nitrogens with zero attached hydrogens (tertiary/aromatic N) is 1. The van der Waals surface area contributed by atoms with Crippen molar-refractivity contribution in [2.75, 3.05) is 7.11 Å². The Bertz CT molecular complexity index is 740. The molecule has 0 bridgehead atoms. The molecule has 0 saturated heterocycles. The van der Waals surface area contributed by atoms with Gasteiger partial charge in [0, 0.05) is 11.6 Å². The van der Waals surface area contributed by atoms with Gasteiger partial charge in [-0.15, -0.1) is 11.3 Å². The quantitative estimate of drug-likeness (QED) is 0.846. The van der Waals surface area contributed by atoms with E-state index in [4.69, 9.17) is 0 Å². The zero-order valence-corrected chi connectivity index (χ0v) is 13.1. The average molecular weight is 326 g/mol. The average Bonchev–Trinajstić information content (AvgIpc) is 2.98. The monoisotopic (exact) mass is 326 g/mol. The lowest BCUT2D eigenvalue weighted by molar-refractivity contribution is 0.0599. The van der Waals surface area contributed by atoms with Crippen molar-refractivity contribution in [2.24, 2.45) is 0 Å². The Morgan fingerprint density at radius 2 is 2.19 bits per heavy atom. The largest absolute Gasteiger partial charge is 0.465 e. The Kier molecular flexibility index (Phi) is 4.71. The number of aromatic nitrogens is 1. The molecule has 1 heterocycles. The number of ether oxygens (including phenoxy) is 1.